The molecule has 7 heteroatoms. The van der Waals surface area contributed by atoms with Gasteiger partial charge in [0.05, 0.1) is 17.1 Å². The molecule has 0 radical (unpaired) electrons. The topological polar surface area (TPSA) is 81.5 Å². The fourth-order valence-electron chi connectivity index (χ4n) is 1.55. The van der Waals surface area contributed by atoms with E-state index in [9.17, 15) is 14.9 Å². The molecule has 0 atom stereocenters. The molecule has 0 unspecified atom stereocenters. The molecular formula is C14H19BrN2O4. The molecule has 0 bridgehead atoms. The molecule has 0 spiro atoms. The molecule has 1 rings (SSSR count). The first-order chi connectivity index (χ1) is 9.91. The number of nitro groups is 1. The molecule has 116 valence electrons. The van der Waals surface area contributed by atoms with Crippen LogP contribution in [0.3, 0.4) is 0 Å². The van der Waals surface area contributed by atoms with Gasteiger partial charge in [-0.2, -0.15) is 0 Å². The van der Waals surface area contributed by atoms with E-state index in [1.807, 2.05) is 0 Å². The van der Waals surface area contributed by atoms with Gasteiger partial charge in [-0.25, -0.2) is 0 Å². The number of nitrogens with zero attached hydrogens (tertiary/aromatic N) is 1. The van der Waals surface area contributed by atoms with E-state index in [0.717, 1.165) is 6.42 Å². The Bertz CT molecular complexity index is 506. The largest absolute Gasteiger partial charge is 0.380 e. The van der Waals surface area contributed by atoms with Crippen molar-refractivity contribution >= 4 is 27.5 Å². The summed E-state index contributed by atoms with van der Waals surface area (Å²) >= 11 is 3.22. The third kappa shape index (κ3) is 6.22. The second kappa shape index (κ2) is 8.74. The van der Waals surface area contributed by atoms with Gasteiger partial charge in [-0.1, -0.05) is 13.8 Å². The number of rotatable bonds is 8. The minimum atomic E-state index is -0.530. The molecule has 0 fully saturated rings. The molecular weight excluding hydrogens is 340 g/mol. The molecule has 0 aliphatic rings. The highest BCUT2D eigenvalue weighted by atomic mass is 79.9. The van der Waals surface area contributed by atoms with E-state index in [2.05, 4.69) is 35.1 Å². The lowest BCUT2D eigenvalue weighted by Crippen LogP contribution is -2.27. The van der Waals surface area contributed by atoms with Gasteiger partial charge in [0.1, 0.15) is 0 Å². The first kappa shape index (κ1) is 17.6. The van der Waals surface area contributed by atoms with Gasteiger partial charge < -0.3 is 10.1 Å². The highest BCUT2D eigenvalue weighted by molar-refractivity contribution is 9.10. The van der Waals surface area contributed by atoms with Gasteiger partial charge in [0.2, 0.25) is 0 Å². The number of nitrogens with one attached hydrogen (secondary N) is 1. The Kier molecular flexibility index (Phi) is 7.31. The van der Waals surface area contributed by atoms with Crippen molar-refractivity contribution in [1.82, 2.24) is 5.32 Å². The summed E-state index contributed by atoms with van der Waals surface area (Å²) in [7, 11) is 0. The van der Waals surface area contributed by atoms with Crippen LogP contribution in [0.4, 0.5) is 5.69 Å². The van der Waals surface area contributed by atoms with E-state index in [0.29, 0.717) is 30.1 Å². The number of carbonyl (C=O) groups is 1. The van der Waals surface area contributed by atoms with Gasteiger partial charge in [0.25, 0.3) is 11.6 Å². The van der Waals surface area contributed by atoms with Crippen LogP contribution in [0, 0.1) is 16.0 Å². The average molecular weight is 359 g/mol. The van der Waals surface area contributed by atoms with Crippen LogP contribution in [0.25, 0.3) is 0 Å². The Labute approximate surface area is 132 Å². The van der Waals surface area contributed by atoms with Crippen molar-refractivity contribution in [2.24, 2.45) is 5.92 Å². The zero-order valence-corrected chi connectivity index (χ0v) is 13.7. The lowest BCUT2D eigenvalue weighted by Gasteiger charge is -2.08. The second-order valence-corrected chi connectivity index (χ2v) is 5.83. The maximum absolute atomic E-state index is 12.0. The van der Waals surface area contributed by atoms with E-state index >= 15 is 0 Å². The zero-order chi connectivity index (χ0) is 15.8. The van der Waals surface area contributed by atoms with Crippen LogP contribution >= 0.6 is 15.9 Å². The Morgan fingerprint density at radius 1 is 1.43 bits per heavy atom. The number of hydrogen-bond acceptors (Lipinski definition) is 4. The standard InChI is InChI=1S/C14H19BrN2O4/c1-10(2)5-7-21-8-6-16-14(18)12-9-11(17(19)20)3-4-13(12)15/h3-4,9-10H,5-8H2,1-2H3,(H,16,18). The summed E-state index contributed by atoms with van der Waals surface area (Å²) in [6, 6.07) is 4.08. The minimum Gasteiger partial charge on any atom is -0.380 e. The lowest BCUT2D eigenvalue weighted by molar-refractivity contribution is -0.384. The van der Waals surface area contributed by atoms with Crippen LogP contribution in [0.1, 0.15) is 30.6 Å². The molecule has 0 aromatic heterocycles. The van der Waals surface area contributed by atoms with Crippen LogP contribution in [0.15, 0.2) is 22.7 Å². The number of ether oxygens (including phenoxy) is 1. The summed E-state index contributed by atoms with van der Waals surface area (Å²) in [6.45, 7) is 5.68. The van der Waals surface area contributed by atoms with Crippen LogP contribution in [0.5, 0.6) is 0 Å². The predicted octanol–water partition coefficient (Wildman–Crippen LogP) is 3.15. The van der Waals surface area contributed by atoms with Crippen molar-refractivity contribution < 1.29 is 14.5 Å². The summed E-state index contributed by atoms with van der Waals surface area (Å²) in [5, 5.41) is 13.4. The molecule has 0 aliphatic carbocycles. The second-order valence-electron chi connectivity index (χ2n) is 4.97. The van der Waals surface area contributed by atoms with Gasteiger partial charge in [0.15, 0.2) is 0 Å². The summed E-state index contributed by atoms with van der Waals surface area (Å²) in [4.78, 5) is 22.1. The normalized spacial score (nSPS) is 10.7. The quantitative estimate of drug-likeness (QED) is 0.439. The Hall–Kier alpha value is -1.47. The van der Waals surface area contributed by atoms with Crippen molar-refractivity contribution in [3.63, 3.8) is 0 Å². The first-order valence-corrected chi connectivity index (χ1v) is 7.51. The predicted molar refractivity (Wildman–Crippen MR) is 83.4 cm³/mol. The molecule has 0 saturated carbocycles. The maximum atomic E-state index is 12.0. The van der Waals surface area contributed by atoms with E-state index in [1.165, 1.54) is 18.2 Å². The van der Waals surface area contributed by atoms with Gasteiger partial charge in [-0.15, -0.1) is 0 Å². The molecule has 0 saturated heterocycles. The highest BCUT2D eigenvalue weighted by Gasteiger charge is 2.15. The van der Waals surface area contributed by atoms with E-state index < -0.39 is 4.92 Å². The van der Waals surface area contributed by atoms with Gasteiger partial charge in [-0.05, 0) is 34.3 Å². The number of carbonyl (C=O) groups excluding carboxylic acids is 1. The van der Waals surface area contributed by atoms with Crippen LogP contribution in [0.2, 0.25) is 0 Å². The molecule has 1 N–H and O–H groups in total. The monoisotopic (exact) mass is 358 g/mol. The first-order valence-electron chi connectivity index (χ1n) is 6.71. The van der Waals surface area contributed by atoms with Crippen LogP contribution < -0.4 is 5.32 Å². The zero-order valence-electron chi connectivity index (χ0n) is 12.1. The molecule has 6 nitrogen and oxygen atoms in total. The third-order valence-electron chi connectivity index (χ3n) is 2.78. The van der Waals surface area contributed by atoms with Gasteiger partial charge in [0, 0.05) is 29.8 Å². The summed E-state index contributed by atoms with van der Waals surface area (Å²) in [5.41, 5.74) is 0.128. The number of amides is 1. The van der Waals surface area contributed by atoms with Crippen molar-refractivity contribution in [2.75, 3.05) is 19.8 Å². The molecule has 1 aromatic carbocycles. The van der Waals surface area contributed by atoms with Crippen LogP contribution in [-0.2, 0) is 4.74 Å². The lowest BCUT2D eigenvalue weighted by atomic mass is 10.1. The Morgan fingerprint density at radius 3 is 2.76 bits per heavy atom. The summed E-state index contributed by atoms with van der Waals surface area (Å²) in [5.74, 6) is 0.221. The fraction of sp³-hybridized carbons (Fsp3) is 0.500. The van der Waals surface area contributed by atoms with Crippen molar-refractivity contribution in [1.29, 1.82) is 0 Å². The van der Waals surface area contributed by atoms with Crippen molar-refractivity contribution in [2.45, 2.75) is 20.3 Å². The van der Waals surface area contributed by atoms with Crippen molar-refractivity contribution in [3.05, 3.63) is 38.3 Å². The third-order valence-corrected chi connectivity index (χ3v) is 3.47. The molecule has 21 heavy (non-hydrogen) atoms. The SMILES string of the molecule is CC(C)CCOCCNC(=O)c1cc([N+](=O)[O-])ccc1Br. The van der Waals surface area contributed by atoms with E-state index in [4.69, 9.17) is 4.74 Å². The van der Waals surface area contributed by atoms with Gasteiger partial charge >= 0.3 is 0 Å². The maximum Gasteiger partial charge on any atom is 0.270 e. The highest BCUT2D eigenvalue weighted by Crippen LogP contribution is 2.22. The van der Waals surface area contributed by atoms with Crippen LogP contribution in [-0.4, -0.2) is 30.6 Å². The average Bonchev–Trinajstić information content (AvgIpc) is 2.42. The smallest absolute Gasteiger partial charge is 0.270 e. The Balaban J connectivity index is 2.45. The fourth-order valence-corrected chi connectivity index (χ4v) is 1.98. The summed E-state index contributed by atoms with van der Waals surface area (Å²) in [6.07, 6.45) is 0.977. The number of non-ortho nitro benzene ring substituents is 1. The number of hydrogen-bond donors (Lipinski definition) is 1. The molecule has 1 amide bonds. The number of benzene rings is 1. The van der Waals surface area contributed by atoms with E-state index in [-0.39, 0.29) is 17.2 Å². The van der Waals surface area contributed by atoms with Gasteiger partial charge in [-0.3, -0.25) is 14.9 Å². The van der Waals surface area contributed by atoms with Crippen molar-refractivity contribution in [3.8, 4) is 0 Å². The van der Waals surface area contributed by atoms with E-state index in [1.54, 1.807) is 0 Å². The molecule has 0 aliphatic heterocycles. The number of halogens is 1. The molecule has 0 heterocycles. The Morgan fingerprint density at radius 2 is 2.14 bits per heavy atom. The minimum absolute atomic E-state index is 0.114. The molecule has 1 aromatic rings. The number of nitro benzene ring substituents is 1. The summed E-state index contributed by atoms with van der Waals surface area (Å²) < 4.78 is 5.91.